The zero-order chi connectivity index (χ0) is 23.7. The van der Waals surface area contributed by atoms with E-state index >= 15 is 0 Å². The van der Waals surface area contributed by atoms with Crippen molar-refractivity contribution in [3.63, 3.8) is 0 Å². The second-order valence-electron chi connectivity index (χ2n) is 8.35. The monoisotopic (exact) mass is 461 g/mol. The average molecular weight is 461 g/mol. The van der Waals surface area contributed by atoms with Crippen LogP contribution in [0, 0.1) is 0 Å². The van der Waals surface area contributed by atoms with E-state index in [1.165, 1.54) is 0 Å². The van der Waals surface area contributed by atoms with Gasteiger partial charge in [-0.1, -0.05) is 24.3 Å². The fourth-order valence-electron chi connectivity index (χ4n) is 5.33. The third kappa shape index (κ3) is 3.26. The van der Waals surface area contributed by atoms with E-state index in [1.807, 2.05) is 36.4 Å². The quantitative estimate of drug-likeness (QED) is 0.497. The Kier molecular flexibility index (Phi) is 5.58. The van der Waals surface area contributed by atoms with Crippen molar-refractivity contribution in [1.82, 2.24) is 20.1 Å². The predicted molar refractivity (Wildman–Crippen MR) is 120 cm³/mol. The van der Waals surface area contributed by atoms with Crippen molar-refractivity contribution in [2.45, 2.75) is 30.9 Å². The Morgan fingerprint density at radius 2 is 2.09 bits per heavy atom. The number of aromatic nitrogens is 3. The number of benzene rings is 1. The van der Waals surface area contributed by atoms with Crippen molar-refractivity contribution in [2.75, 3.05) is 18.5 Å². The number of likely N-dealkylation sites (tertiary alicyclic amines) is 1. The highest BCUT2D eigenvalue weighted by atomic mass is 16.5. The first-order valence-electron chi connectivity index (χ1n) is 11.0. The van der Waals surface area contributed by atoms with Crippen LogP contribution in [0.25, 0.3) is 0 Å². The molecule has 2 atom stereocenters. The maximum absolute atomic E-state index is 13.8. The average Bonchev–Trinajstić information content (AvgIpc) is 3.55. The van der Waals surface area contributed by atoms with Crippen molar-refractivity contribution in [3.05, 3.63) is 76.9 Å². The molecule has 5 heterocycles. The number of fused-ring (bicyclic) bond motifs is 3. The Bertz CT molecular complexity index is 1240. The molecule has 0 aliphatic carbocycles. The fraction of sp³-hybridized carbons (Fsp3) is 0.292. The van der Waals surface area contributed by atoms with Gasteiger partial charge < -0.3 is 20.1 Å². The third-order valence-electron chi connectivity index (χ3n) is 6.75. The summed E-state index contributed by atoms with van der Waals surface area (Å²) in [4.78, 5) is 41.6. The molecular weight excluding hydrogens is 438 g/mol. The van der Waals surface area contributed by atoms with Crippen molar-refractivity contribution in [1.29, 1.82) is 0 Å². The van der Waals surface area contributed by atoms with E-state index in [2.05, 4.69) is 20.5 Å². The van der Waals surface area contributed by atoms with Gasteiger partial charge in [-0.05, 0) is 29.7 Å². The summed E-state index contributed by atoms with van der Waals surface area (Å²) in [5, 5.41) is 17.3. The van der Waals surface area contributed by atoms with Gasteiger partial charge in [0.2, 0.25) is 5.91 Å². The SMILES string of the molecule is O=C(c1n[nH]c2c1COCC2)N1CCC2(C(=O)Nc3ccccc32)C1c1cccnc1.O=CO. The summed E-state index contributed by atoms with van der Waals surface area (Å²) < 4.78 is 5.57. The zero-order valence-electron chi connectivity index (χ0n) is 18.2. The van der Waals surface area contributed by atoms with Crippen LogP contribution in [0.1, 0.15) is 45.3 Å². The minimum absolute atomic E-state index is 0.0785. The normalized spacial score (nSPS) is 22.4. The van der Waals surface area contributed by atoms with Crippen LogP contribution in [0.15, 0.2) is 48.8 Å². The standard InChI is InChI=1S/C23H21N5O3.CH2O2/c29-21(19-15-13-31-11-7-17(15)26-27-19)28-10-8-23(20(28)14-4-3-9-24-12-14)16-5-1-2-6-18(16)25-22(23)30;2-1-3/h1-6,9,12,20H,7-8,10-11,13H2,(H,25,30)(H,26,27);1H,(H,2,3). The van der Waals surface area contributed by atoms with Crippen LogP contribution >= 0.6 is 0 Å². The molecule has 10 heteroatoms. The summed E-state index contributed by atoms with van der Waals surface area (Å²) >= 11 is 0. The number of hydrogen-bond acceptors (Lipinski definition) is 6. The molecule has 0 radical (unpaired) electrons. The third-order valence-corrected chi connectivity index (χ3v) is 6.75. The van der Waals surface area contributed by atoms with Crippen LogP contribution < -0.4 is 5.32 Å². The number of carbonyl (C=O) groups excluding carboxylic acids is 2. The highest BCUT2D eigenvalue weighted by Crippen LogP contribution is 2.54. The number of carbonyl (C=O) groups is 3. The molecule has 10 nitrogen and oxygen atoms in total. The molecule has 3 N–H and O–H groups in total. The lowest BCUT2D eigenvalue weighted by Crippen LogP contribution is -2.43. The molecule has 1 saturated heterocycles. The second-order valence-corrected chi connectivity index (χ2v) is 8.35. The predicted octanol–water partition coefficient (Wildman–Crippen LogP) is 2.06. The summed E-state index contributed by atoms with van der Waals surface area (Å²) in [6.07, 6.45) is 4.68. The van der Waals surface area contributed by atoms with Gasteiger partial charge in [0.15, 0.2) is 5.69 Å². The Morgan fingerprint density at radius 3 is 2.88 bits per heavy atom. The molecule has 34 heavy (non-hydrogen) atoms. The van der Waals surface area contributed by atoms with E-state index < -0.39 is 11.5 Å². The summed E-state index contributed by atoms with van der Waals surface area (Å²) in [6.45, 7) is 1.18. The molecule has 3 aliphatic heterocycles. The molecule has 0 bridgehead atoms. The molecular formula is C24H23N5O5. The lowest BCUT2D eigenvalue weighted by atomic mass is 9.73. The number of para-hydroxylation sites is 1. The number of anilines is 1. The highest BCUT2D eigenvalue weighted by Gasteiger charge is 2.59. The van der Waals surface area contributed by atoms with Crippen LogP contribution in [0.3, 0.4) is 0 Å². The summed E-state index contributed by atoms with van der Waals surface area (Å²) in [7, 11) is 0. The van der Waals surface area contributed by atoms with Gasteiger partial charge in [-0.3, -0.25) is 24.5 Å². The number of amides is 2. The van der Waals surface area contributed by atoms with Crippen LogP contribution in [0.5, 0.6) is 0 Å². The van der Waals surface area contributed by atoms with Crippen LogP contribution in [-0.2, 0) is 32.8 Å². The van der Waals surface area contributed by atoms with Crippen molar-refractivity contribution < 1.29 is 24.2 Å². The summed E-state index contributed by atoms with van der Waals surface area (Å²) in [6, 6.07) is 11.0. The van der Waals surface area contributed by atoms with E-state index in [4.69, 9.17) is 14.6 Å². The molecule has 2 aromatic heterocycles. The molecule has 0 saturated carbocycles. The van der Waals surface area contributed by atoms with Crippen LogP contribution in [0.2, 0.25) is 0 Å². The Morgan fingerprint density at radius 1 is 1.26 bits per heavy atom. The van der Waals surface area contributed by atoms with E-state index in [-0.39, 0.29) is 18.3 Å². The van der Waals surface area contributed by atoms with Crippen molar-refractivity contribution in [2.24, 2.45) is 0 Å². The molecule has 6 rings (SSSR count). The number of ether oxygens (including phenoxy) is 1. The number of aromatic amines is 1. The first-order chi connectivity index (χ1) is 16.6. The molecule has 2 unspecified atom stereocenters. The van der Waals surface area contributed by atoms with Gasteiger partial charge in [0, 0.05) is 42.3 Å². The minimum Gasteiger partial charge on any atom is -0.483 e. The first kappa shape index (κ1) is 21.8. The largest absolute Gasteiger partial charge is 0.483 e. The number of H-pyrrole nitrogens is 1. The maximum Gasteiger partial charge on any atom is 0.290 e. The summed E-state index contributed by atoms with van der Waals surface area (Å²) in [5.74, 6) is -0.267. The molecule has 3 aliphatic rings. The number of rotatable bonds is 2. The minimum atomic E-state index is -0.859. The van der Waals surface area contributed by atoms with Gasteiger partial charge in [-0.25, -0.2) is 0 Å². The molecule has 174 valence electrons. The van der Waals surface area contributed by atoms with E-state index in [0.29, 0.717) is 38.3 Å². The zero-order valence-corrected chi connectivity index (χ0v) is 18.2. The topological polar surface area (TPSA) is 138 Å². The van der Waals surface area contributed by atoms with Gasteiger partial charge in [-0.15, -0.1) is 0 Å². The Balaban J connectivity index is 0.000000764. The van der Waals surface area contributed by atoms with Gasteiger partial charge in [-0.2, -0.15) is 5.10 Å². The Hall–Kier alpha value is -4.05. The number of carboxylic acid groups (broad SMARTS) is 1. The highest BCUT2D eigenvalue weighted by molar-refractivity contribution is 6.08. The van der Waals surface area contributed by atoms with E-state index in [1.54, 1.807) is 17.3 Å². The molecule has 2 amide bonds. The van der Waals surface area contributed by atoms with E-state index in [9.17, 15) is 9.59 Å². The number of hydrogen-bond donors (Lipinski definition) is 3. The number of nitrogens with zero attached hydrogens (tertiary/aromatic N) is 3. The first-order valence-corrected chi connectivity index (χ1v) is 11.0. The van der Waals surface area contributed by atoms with Gasteiger partial charge in [0.25, 0.3) is 12.4 Å². The van der Waals surface area contributed by atoms with Gasteiger partial charge >= 0.3 is 0 Å². The maximum atomic E-state index is 13.8. The van der Waals surface area contributed by atoms with E-state index in [0.717, 1.165) is 28.1 Å². The molecule has 3 aromatic rings. The van der Waals surface area contributed by atoms with Gasteiger partial charge in [0.1, 0.15) is 5.41 Å². The second kappa shape index (κ2) is 8.71. The molecule has 1 spiro atoms. The lowest BCUT2D eigenvalue weighted by Gasteiger charge is -2.34. The smallest absolute Gasteiger partial charge is 0.290 e. The van der Waals surface area contributed by atoms with Crippen LogP contribution in [0.4, 0.5) is 5.69 Å². The van der Waals surface area contributed by atoms with Crippen molar-refractivity contribution in [3.8, 4) is 0 Å². The number of pyridine rings is 1. The molecule has 1 aromatic carbocycles. The lowest BCUT2D eigenvalue weighted by molar-refractivity contribution is -0.123. The summed E-state index contributed by atoms with van der Waals surface area (Å²) in [5.41, 5.74) is 3.86. The van der Waals surface area contributed by atoms with Crippen molar-refractivity contribution >= 4 is 24.0 Å². The molecule has 1 fully saturated rings. The van der Waals surface area contributed by atoms with Crippen LogP contribution in [-0.4, -0.2) is 56.6 Å². The van der Waals surface area contributed by atoms with Gasteiger partial charge in [0.05, 0.1) is 19.3 Å². The number of nitrogens with one attached hydrogen (secondary N) is 2. The fourth-order valence-corrected chi connectivity index (χ4v) is 5.33. The Labute approximate surface area is 195 Å².